The van der Waals surface area contributed by atoms with Gasteiger partial charge in [-0.3, -0.25) is 9.67 Å². The molecule has 0 aliphatic carbocycles. The Hall–Kier alpha value is -1.56. The van der Waals surface area contributed by atoms with Crippen LogP contribution < -0.4 is 10.6 Å². The highest BCUT2D eigenvalue weighted by atomic mass is 15.3. The fourth-order valence-corrected chi connectivity index (χ4v) is 3.81. The molecular weight excluding hydrogens is 336 g/mol. The zero-order valence-electron chi connectivity index (χ0n) is 17.9. The molecule has 27 heavy (non-hydrogen) atoms. The number of guanidine groups is 1. The van der Waals surface area contributed by atoms with Gasteiger partial charge in [0.25, 0.3) is 0 Å². The van der Waals surface area contributed by atoms with Crippen molar-refractivity contribution in [3.05, 3.63) is 17.5 Å². The van der Waals surface area contributed by atoms with Crippen molar-refractivity contribution in [2.24, 2.45) is 10.9 Å². The molecule has 1 aromatic heterocycles. The van der Waals surface area contributed by atoms with Crippen LogP contribution in [0.15, 0.2) is 11.1 Å². The van der Waals surface area contributed by atoms with Crippen LogP contribution in [0.2, 0.25) is 0 Å². The first-order chi connectivity index (χ1) is 13.1. The zero-order valence-corrected chi connectivity index (χ0v) is 17.9. The SMILES string of the molecule is CCNC(=NCCCn1nc(C)cc1C)NCCCCN1CCCC(C)C1. The molecule has 0 spiro atoms. The lowest BCUT2D eigenvalue weighted by molar-refractivity contribution is 0.181. The van der Waals surface area contributed by atoms with Gasteiger partial charge in [0.1, 0.15) is 0 Å². The number of hydrogen-bond acceptors (Lipinski definition) is 3. The van der Waals surface area contributed by atoms with Gasteiger partial charge in [-0.1, -0.05) is 6.92 Å². The van der Waals surface area contributed by atoms with E-state index in [-0.39, 0.29) is 0 Å². The monoisotopic (exact) mass is 376 g/mol. The molecule has 154 valence electrons. The van der Waals surface area contributed by atoms with Crippen LogP contribution >= 0.6 is 0 Å². The lowest BCUT2D eigenvalue weighted by Gasteiger charge is -2.30. The maximum Gasteiger partial charge on any atom is 0.191 e. The summed E-state index contributed by atoms with van der Waals surface area (Å²) in [5, 5.41) is 11.3. The Balaban J connectivity index is 1.60. The van der Waals surface area contributed by atoms with E-state index in [0.717, 1.165) is 50.2 Å². The van der Waals surface area contributed by atoms with Gasteiger partial charge in [-0.2, -0.15) is 5.10 Å². The van der Waals surface area contributed by atoms with Crippen molar-refractivity contribution in [1.29, 1.82) is 0 Å². The first kappa shape index (κ1) is 21.7. The summed E-state index contributed by atoms with van der Waals surface area (Å²) in [6.07, 6.45) is 6.23. The third kappa shape index (κ3) is 8.33. The highest BCUT2D eigenvalue weighted by Crippen LogP contribution is 2.15. The Morgan fingerprint density at radius 3 is 2.78 bits per heavy atom. The largest absolute Gasteiger partial charge is 0.357 e. The summed E-state index contributed by atoms with van der Waals surface area (Å²) >= 11 is 0. The average molecular weight is 377 g/mol. The molecule has 1 aliphatic rings. The molecule has 1 atom stereocenters. The van der Waals surface area contributed by atoms with Crippen molar-refractivity contribution in [2.75, 3.05) is 39.3 Å². The molecule has 0 amide bonds. The zero-order chi connectivity index (χ0) is 19.5. The quantitative estimate of drug-likeness (QED) is 0.374. The summed E-state index contributed by atoms with van der Waals surface area (Å²) in [4.78, 5) is 7.34. The van der Waals surface area contributed by atoms with Gasteiger partial charge < -0.3 is 15.5 Å². The average Bonchev–Trinajstić information content (AvgIpc) is 2.95. The van der Waals surface area contributed by atoms with E-state index in [1.165, 1.54) is 51.0 Å². The van der Waals surface area contributed by atoms with Crippen molar-refractivity contribution in [3.8, 4) is 0 Å². The predicted octanol–water partition coefficient (Wildman–Crippen LogP) is 2.96. The van der Waals surface area contributed by atoms with Crippen LogP contribution in [0.5, 0.6) is 0 Å². The molecule has 6 nitrogen and oxygen atoms in total. The standard InChI is InChI=1S/C21H40N6/c1-5-22-21(24-12-9-15-27-20(4)16-19(3)25-27)23-11-6-7-13-26-14-8-10-18(2)17-26/h16,18H,5-15,17H2,1-4H3,(H2,22,23,24). The van der Waals surface area contributed by atoms with Crippen molar-refractivity contribution < 1.29 is 0 Å². The lowest BCUT2D eigenvalue weighted by Crippen LogP contribution is -2.38. The van der Waals surface area contributed by atoms with Crippen molar-refractivity contribution in [2.45, 2.75) is 66.3 Å². The maximum absolute atomic E-state index is 4.71. The third-order valence-corrected chi connectivity index (χ3v) is 5.18. The molecule has 1 aromatic rings. The number of hydrogen-bond donors (Lipinski definition) is 2. The lowest BCUT2D eigenvalue weighted by atomic mass is 10.0. The summed E-state index contributed by atoms with van der Waals surface area (Å²) in [7, 11) is 0. The summed E-state index contributed by atoms with van der Waals surface area (Å²) < 4.78 is 2.08. The van der Waals surface area contributed by atoms with Gasteiger partial charge in [-0.15, -0.1) is 0 Å². The van der Waals surface area contributed by atoms with Crippen molar-refractivity contribution in [1.82, 2.24) is 25.3 Å². The molecule has 2 N–H and O–H groups in total. The number of aryl methyl sites for hydroxylation is 3. The van der Waals surface area contributed by atoms with E-state index >= 15 is 0 Å². The minimum absolute atomic E-state index is 0.819. The Kier molecular flexibility index (Phi) is 9.67. The number of aromatic nitrogens is 2. The van der Waals surface area contributed by atoms with Crippen molar-refractivity contribution >= 4 is 5.96 Å². The Bertz CT molecular complexity index is 565. The van der Waals surface area contributed by atoms with Gasteiger partial charge in [0.15, 0.2) is 5.96 Å². The Morgan fingerprint density at radius 1 is 1.22 bits per heavy atom. The molecule has 1 unspecified atom stereocenters. The smallest absolute Gasteiger partial charge is 0.191 e. The predicted molar refractivity (Wildman–Crippen MR) is 114 cm³/mol. The molecule has 0 saturated carbocycles. The maximum atomic E-state index is 4.71. The minimum Gasteiger partial charge on any atom is -0.357 e. The van der Waals surface area contributed by atoms with Crippen LogP contribution in [0.4, 0.5) is 0 Å². The summed E-state index contributed by atoms with van der Waals surface area (Å²) in [6.45, 7) is 16.1. The van der Waals surface area contributed by atoms with Crippen molar-refractivity contribution in [3.63, 3.8) is 0 Å². The van der Waals surface area contributed by atoms with E-state index < -0.39 is 0 Å². The topological polar surface area (TPSA) is 57.5 Å². The number of piperidine rings is 1. The first-order valence-corrected chi connectivity index (χ1v) is 10.8. The number of nitrogens with one attached hydrogen (secondary N) is 2. The second kappa shape index (κ2) is 12.0. The number of unbranched alkanes of at least 4 members (excludes halogenated alkanes) is 1. The molecule has 2 heterocycles. The third-order valence-electron chi connectivity index (χ3n) is 5.18. The van der Waals surface area contributed by atoms with E-state index in [2.05, 4.69) is 52.2 Å². The second-order valence-corrected chi connectivity index (χ2v) is 7.95. The van der Waals surface area contributed by atoms with Gasteiger partial charge in [0, 0.05) is 38.4 Å². The van der Waals surface area contributed by atoms with Crippen LogP contribution in [0.1, 0.15) is 57.3 Å². The van der Waals surface area contributed by atoms with Crippen LogP contribution in [-0.2, 0) is 6.54 Å². The second-order valence-electron chi connectivity index (χ2n) is 7.95. The minimum atomic E-state index is 0.819. The molecule has 0 aromatic carbocycles. The molecule has 1 aliphatic heterocycles. The highest BCUT2D eigenvalue weighted by Gasteiger charge is 2.15. The molecule has 6 heteroatoms. The number of rotatable bonds is 10. The van der Waals surface area contributed by atoms with E-state index in [0.29, 0.717) is 0 Å². The molecule has 1 fully saturated rings. The summed E-state index contributed by atoms with van der Waals surface area (Å²) in [5.74, 6) is 1.82. The van der Waals surface area contributed by atoms with E-state index in [1.54, 1.807) is 0 Å². The van der Waals surface area contributed by atoms with E-state index in [4.69, 9.17) is 4.99 Å². The molecule has 1 saturated heterocycles. The van der Waals surface area contributed by atoms with E-state index in [1.807, 2.05) is 6.92 Å². The highest BCUT2D eigenvalue weighted by molar-refractivity contribution is 5.79. The Morgan fingerprint density at radius 2 is 2.07 bits per heavy atom. The van der Waals surface area contributed by atoms with Gasteiger partial charge in [0.2, 0.25) is 0 Å². The molecular formula is C21H40N6. The van der Waals surface area contributed by atoms with Crippen LogP contribution in [0, 0.1) is 19.8 Å². The van der Waals surface area contributed by atoms with Crippen LogP contribution in [0.3, 0.4) is 0 Å². The van der Waals surface area contributed by atoms with Gasteiger partial charge in [-0.25, -0.2) is 0 Å². The summed E-state index contributed by atoms with van der Waals surface area (Å²) in [6, 6.07) is 2.12. The summed E-state index contributed by atoms with van der Waals surface area (Å²) in [5.41, 5.74) is 2.31. The van der Waals surface area contributed by atoms with Gasteiger partial charge in [0.05, 0.1) is 5.69 Å². The number of aliphatic imine (C=N–C) groups is 1. The van der Waals surface area contributed by atoms with Crippen LogP contribution in [0.25, 0.3) is 0 Å². The fourth-order valence-electron chi connectivity index (χ4n) is 3.81. The van der Waals surface area contributed by atoms with E-state index in [9.17, 15) is 0 Å². The number of likely N-dealkylation sites (tertiary alicyclic amines) is 1. The van der Waals surface area contributed by atoms with Gasteiger partial charge in [-0.05, 0) is 77.9 Å². The molecule has 0 radical (unpaired) electrons. The van der Waals surface area contributed by atoms with Crippen LogP contribution in [-0.4, -0.2) is 59.9 Å². The fraction of sp³-hybridized carbons (Fsp3) is 0.810. The van der Waals surface area contributed by atoms with Gasteiger partial charge >= 0.3 is 0 Å². The molecule has 0 bridgehead atoms. The molecule has 2 rings (SSSR count). The normalized spacial score (nSPS) is 18.7. The number of nitrogens with zero attached hydrogens (tertiary/aromatic N) is 4. The first-order valence-electron chi connectivity index (χ1n) is 10.8. The Labute approximate surface area is 165 Å².